The lowest BCUT2D eigenvalue weighted by atomic mass is 9.76. The molecule has 0 aliphatic heterocycles. The Morgan fingerprint density at radius 3 is 2.52 bits per heavy atom. The van der Waals surface area contributed by atoms with Crippen LogP contribution in [0.1, 0.15) is 58.4 Å². The van der Waals surface area contributed by atoms with Gasteiger partial charge in [0, 0.05) is 11.6 Å². The molecule has 118 valence electrons. The first-order valence-electron chi connectivity index (χ1n) is 7.92. The highest BCUT2D eigenvalue weighted by Crippen LogP contribution is 2.40. The molecule has 21 heavy (non-hydrogen) atoms. The van der Waals surface area contributed by atoms with Crippen molar-refractivity contribution in [2.75, 3.05) is 0 Å². The molecule has 0 heterocycles. The fraction of sp³-hybridized carbons (Fsp3) is 0.667. The van der Waals surface area contributed by atoms with Crippen LogP contribution in [0.5, 0.6) is 0 Å². The predicted octanol–water partition coefficient (Wildman–Crippen LogP) is 4.83. The molecule has 2 N–H and O–H groups in total. The van der Waals surface area contributed by atoms with Crippen LogP contribution in [0.25, 0.3) is 0 Å². The highest BCUT2D eigenvalue weighted by atomic mass is 19.1. The lowest BCUT2D eigenvalue weighted by Gasteiger charge is -2.31. The number of halogens is 2. The maximum absolute atomic E-state index is 13.8. The smallest absolute Gasteiger partial charge is 0.129 e. The van der Waals surface area contributed by atoms with Crippen molar-refractivity contribution in [1.29, 1.82) is 0 Å². The lowest BCUT2D eigenvalue weighted by molar-refractivity contribution is 0.210. The van der Waals surface area contributed by atoms with Gasteiger partial charge in [0.25, 0.3) is 0 Å². The molecule has 0 spiro atoms. The Morgan fingerprint density at radius 1 is 1.19 bits per heavy atom. The third-order valence-corrected chi connectivity index (χ3v) is 5.00. The molecule has 2 rings (SSSR count). The molecule has 0 saturated heterocycles. The van der Waals surface area contributed by atoms with Gasteiger partial charge in [0.15, 0.2) is 0 Å². The third-order valence-electron chi connectivity index (χ3n) is 5.00. The average molecular weight is 295 g/mol. The summed E-state index contributed by atoms with van der Waals surface area (Å²) in [6, 6.07) is 3.80. The Balaban J connectivity index is 2.08. The van der Waals surface area contributed by atoms with Crippen LogP contribution in [0.15, 0.2) is 18.2 Å². The minimum atomic E-state index is -0.531. The van der Waals surface area contributed by atoms with Crippen LogP contribution in [0, 0.1) is 23.0 Å². The molecule has 1 aliphatic rings. The molecule has 3 heteroatoms. The highest BCUT2D eigenvalue weighted by Gasteiger charge is 2.34. The first kappa shape index (κ1) is 16.4. The maximum Gasteiger partial charge on any atom is 0.129 e. The Hall–Kier alpha value is -0.960. The largest absolute Gasteiger partial charge is 0.325 e. The number of hydrogen-bond donors (Lipinski definition) is 1. The van der Waals surface area contributed by atoms with Crippen molar-refractivity contribution in [3.05, 3.63) is 35.4 Å². The second kappa shape index (κ2) is 6.04. The zero-order valence-corrected chi connectivity index (χ0v) is 13.4. The van der Waals surface area contributed by atoms with Gasteiger partial charge in [-0.3, -0.25) is 0 Å². The second-order valence-corrected chi connectivity index (χ2v) is 7.77. The Morgan fingerprint density at radius 2 is 1.90 bits per heavy atom. The molecule has 1 nitrogen and oxygen atoms in total. The average Bonchev–Trinajstić information content (AvgIpc) is 2.55. The summed E-state index contributed by atoms with van der Waals surface area (Å²) in [7, 11) is 0. The molecule has 2 atom stereocenters. The van der Waals surface area contributed by atoms with E-state index >= 15 is 0 Å². The standard InChI is InChI=1S/C18H27F2N/c1-17(2,3)14-5-4-9-18(21,10-8-14)12-13-6-7-15(19)11-16(13)20/h6-7,11,14H,4-5,8-10,12,21H2,1-3H3. The van der Waals surface area contributed by atoms with Crippen LogP contribution < -0.4 is 5.73 Å². The zero-order valence-electron chi connectivity index (χ0n) is 13.4. The molecule has 1 aromatic carbocycles. The summed E-state index contributed by atoms with van der Waals surface area (Å²) in [4.78, 5) is 0. The van der Waals surface area contributed by atoms with E-state index in [-0.39, 0.29) is 5.54 Å². The van der Waals surface area contributed by atoms with E-state index in [0.717, 1.165) is 31.7 Å². The predicted molar refractivity (Wildman–Crippen MR) is 83.0 cm³/mol. The summed E-state index contributed by atoms with van der Waals surface area (Å²) in [5.41, 5.74) is 7.01. The molecular formula is C18H27F2N. The highest BCUT2D eigenvalue weighted by molar-refractivity contribution is 5.21. The van der Waals surface area contributed by atoms with E-state index in [1.165, 1.54) is 18.6 Å². The summed E-state index contributed by atoms with van der Waals surface area (Å²) in [5, 5.41) is 0. The fourth-order valence-electron chi connectivity index (χ4n) is 3.52. The molecule has 0 amide bonds. The first-order valence-corrected chi connectivity index (χ1v) is 7.92. The molecule has 1 fully saturated rings. The van der Waals surface area contributed by atoms with E-state index in [0.29, 0.717) is 23.3 Å². The summed E-state index contributed by atoms with van der Waals surface area (Å²) >= 11 is 0. The van der Waals surface area contributed by atoms with E-state index in [1.54, 1.807) is 0 Å². The van der Waals surface area contributed by atoms with E-state index in [4.69, 9.17) is 5.73 Å². The lowest BCUT2D eigenvalue weighted by Crippen LogP contribution is -2.42. The van der Waals surface area contributed by atoms with Gasteiger partial charge in [0.05, 0.1) is 0 Å². The number of hydrogen-bond acceptors (Lipinski definition) is 1. The minimum Gasteiger partial charge on any atom is -0.325 e. The fourth-order valence-corrected chi connectivity index (χ4v) is 3.52. The van der Waals surface area contributed by atoms with Gasteiger partial charge < -0.3 is 5.73 Å². The van der Waals surface area contributed by atoms with Crippen molar-refractivity contribution in [3.63, 3.8) is 0 Å². The van der Waals surface area contributed by atoms with Gasteiger partial charge in [-0.05, 0) is 55.1 Å². The van der Waals surface area contributed by atoms with Gasteiger partial charge >= 0.3 is 0 Å². The SMILES string of the molecule is CC(C)(C)C1CCCC(N)(Cc2ccc(F)cc2F)CC1. The molecule has 1 aromatic rings. The van der Waals surface area contributed by atoms with Gasteiger partial charge in [-0.1, -0.05) is 33.3 Å². The van der Waals surface area contributed by atoms with Gasteiger partial charge in [0.2, 0.25) is 0 Å². The molecule has 2 unspecified atom stereocenters. The van der Waals surface area contributed by atoms with Crippen LogP contribution >= 0.6 is 0 Å². The van der Waals surface area contributed by atoms with Crippen molar-refractivity contribution in [3.8, 4) is 0 Å². The van der Waals surface area contributed by atoms with Gasteiger partial charge in [-0.2, -0.15) is 0 Å². The van der Waals surface area contributed by atoms with E-state index in [2.05, 4.69) is 20.8 Å². The van der Waals surface area contributed by atoms with E-state index < -0.39 is 11.6 Å². The van der Waals surface area contributed by atoms with Crippen LogP contribution in [0.4, 0.5) is 8.78 Å². The van der Waals surface area contributed by atoms with Gasteiger partial charge in [-0.15, -0.1) is 0 Å². The summed E-state index contributed by atoms with van der Waals surface area (Å²) < 4.78 is 26.8. The van der Waals surface area contributed by atoms with Crippen molar-refractivity contribution in [2.24, 2.45) is 17.1 Å². The summed E-state index contributed by atoms with van der Waals surface area (Å²) in [6.07, 6.45) is 5.68. The number of rotatable bonds is 2. The zero-order chi connectivity index (χ0) is 15.7. The normalized spacial score (nSPS) is 27.4. The van der Waals surface area contributed by atoms with Crippen molar-refractivity contribution >= 4 is 0 Å². The van der Waals surface area contributed by atoms with Gasteiger partial charge in [0.1, 0.15) is 11.6 Å². The van der Waals surface area contributed by atoms with Crippen LogP contribution in [-0.2, 0) is 6.42 Å². The van der Waals surface area contributed by atoms with Crippen molar-refractivity contribution in [2.45, 2.75) is 64.8 Å². The Labute approximate surface area is 126 Å². The number of nitrogens with two attached hydrogens (primary N) is 1. The van der Waals surface area contributed by atoms with Crippen LogP contribution in [-0.4, -0.2) is 5.54 Å². The van der Waals surface area contributed by atoms with E-state index in [9.17, 15) is 8.78 Å². The molecule has 0 aromatic heterocycles. The summed E-state index contributed by atoms with van der Waals surface area (Å²) in [6.45, 7) is 6.84. The third kappa shape index (κ3) is 4.26. The molecule has 1 saturated carbocycles. The minimum absolute atomic E-state index is 0.298. The maximum atomic E-state index is 13.8. The van der Waals surface area contributed by atoms with Crippen LogP contribution in [0.2, 0.25) is 0 Å². The van der Waals surface area contributed by atoms with Gasteiger partial charge in [-0.25, -0.2) is 8.78 Å². The topological polar surface area (TPSA) is 26.0 Å². The Bertz CT molecular complexity index is 492. The first-order chi connectivity index (χ1) is 9.70. The van der Waals surface area contributed by atoms with Crippen molar-refractivity contribution in [1.82, 2.24) is 0 Å². The summed E-state index contributed by atoms with van der Waals surface area (Å²) in [5.74, 6) is -0.339. The van der Waals surface area contributed by atoms with E-state index in [1.807, 2.05) is 0 Å². The monoisotopic (exact) mass is 295 g/mol. The van der Waals surface area contributed by atoms with Crippen molar-refractivity contribution < 1.29 is 8.78 Å². The Kier molecular flexibility index (Phi) is 4.72. The molecule has 1 aliphatic carbocycles. The molecule has 0 bridgehead atoms. The molecule has 0 radical (unpaired) electrons. The van der Waals surface area contributed by atoms with Crippen LogP contribution in [0.3, 0.4) is 0 Å². The number of benzene rings is 1. The quantitative estimate of drug-likeness (QED) is 0.777. The molecular weight excluding hydrogens is 268 g/mol. The second-order valence-electron chi connectivity index (χ2n) is 7.77.